The van der Waals surface area contributed by atoms with E-state index in [0.717, 1.165) is 32.1 Å². The summed E-state index contributed by atoms with van der Waals surface area (Å²) in [6.45, 7) is 0.457. The van der Waals surface area contributed by atoms with Gasteiger partial charge < -0.3 is 0 Å². The predicted octanol–water partition coefficient (Wildman–Crippen LogP) is 1.06. The van der Waals surface area contributed by atoms with Crippen LogP contribution in [0.1, 0.15) is 38.5 Å². The average Bonchev–Trinajstić information content (AvgIpc) is 2.79. The molecule has 2 aliphatic rings. The first-order valence-corrected chi connectivity index (χ1v) is 8.06. The van der Waals surface area contributed by atoms with Gasteiger partial charge in [0.05, 0.1) is 6.07 Å². The summed E-state index contributed by atoms with van der Waals surface area (Å²) in [6, 6.07) is 1.51. The van der Waals surface area contributed by atoms with E-state index in [2.05, 4.69) is 0 Å². The molecule has 6 heteroatoms. The van der Waals surface area contributed by atoms with Crippen molar-refractivity contribution in [3.05, 3.63) is 0 Å². The van der Waals surface area contributed by atoms with E-state index in [4.69, 9.17) is 5.26 Å². The lowest BCUT2D eigenvalue weighted by atomic mass is 9.82. The van der Waals surface area contributed by atoms with Gasteiger partial charge in [0.1, 0.15) is 5.78 Å². The van der Waals surface area contributed by atoms with E-state index in [1.807, 2.05) is 0 Å². The van der Waals surface area contributed by atoms with Crippen molar-refractivity contribution in [2.24, 2.45) is 5.92 Å². The number of nitrogens with zero attached hydrogens (tertiary/aromatic N) is 2. The highest BCUT2D eigenvalue weighted by molar-refractivity contribution is 7.89. The molecule has 1 saturated carbocycles. The normalized spacial score (nSPS) is 30.3. The number of hydrogen-bond donors (Lipinski definition) is 0. The fraction of sp³-hybridized carbons (Fsp3) is 0.833. The monoisotopic (exact) mass is 270 g/mol. The quantitative estimate of drug-likeness (QED) is 0.768. The van der Waals surface area contributed by atoms with Crippen LogP contribution in [0.4, 0.5) is 0 Å². The maximum Gasteiger partial charge on any atom is 0.227 e. The van der Waals surface area contributed by atoms with Crippen molar-refractivity contribution in [1.29, 1.82) is 5.26 Å². The number of carbonyl (C=O) groups is 1. The van der Waals surface area contributed by atoms with Gasteiger partial charge in [-0.15, -0.1) is 0 Å². The van der Waals surface area contributed by atoms with Crippen molar-refractivity contribution in [1.82, 2.24) is 4.31 Å². The number of ketones is 1. The molecule has 0 amide bonds. The molecule has 5 nitrogen and oxygen atoms in total. The number of hydrogen-bond acceptors (Lipinski definition) is 4. The van der Waals surface area contributed by atoms with Crippen LogP contribution in [-0.2, 0) is 14.8 Å². The number of Topliss-reactive ketones (excluding diaryl/α,β-unsaturated/α-hetero) is 1. The molecule has 1 heterocycles. The summed E-state index contributed by atoms with van der Waals surface area (Å²) in [5, 5.41) is 8.59. The lowest BCUT2D eigenvalue weighted by Crippen LogP contribution is -2.44. The SMILES string of the molecule is N#CCS(=O)(=O)N1CCCC1C1CCCCC1=O. The molecule has 0 radical (unpaired) electrons. The second kappa shape index (κ2) is 5.37. The van der Waals surface area contributed by atoms with E-state index < -0.39 is 15.8 Å². The van der Waals surface area contributed by atoms with Gasteiger partial charge in [0.25, 0.3) is 0 Å². The second-order valence-electron chi connectivity index (χ2n) is 5.05. The first kappa shape index (κ1) is 13.5. The molecule has 0 N–H and O–H groups in total. The number of nitriles is 1. The molecule has 0 bridgehead atoms. The van der Waals surface area contributed by atoms with Gasteiger partial charge in [0.15, 0.2) is 5.75 Å². The van der Waals surface area contributed by atoms with E-state index in [0.29, 0.717) is 13.0 Å². The van der Waals surface area contributed by atoms with Crippen molar-refractivity contribution in [3.63, 3.8) is 0 Å². The van der Waals surface area contributed by atoms with Crippen LogP contribution in [-0.4, -0.2) is 36.8 Å². The molecule has 0 aromatic rings. The molecular formula is C12H18N2O3S. The van der Waals surface area contributed by atoms with Gasteiger partial charge in [-0.25, -0.2) is 8.42 Å². The third-order valence-electron chi connectivity index (χ3n) is 3.92. The highest BCUT2D eigenvalue weighted by Gasteiger charge is 2.41. The maximum atomic E-state index is 12.0. The van der Waals surface area contributed by atoms with Crippen LogP contribution in [0.2, 0.25) is 0 Å². The van der Waals surface area contributed by atoms with Crippen LogP contribution in [0.25, 0.3) is 0 Å². The number of sulfonamides is 1. The number of carbonyl (C=O) groups excluding carboxylic acids is 1. The summed E-state index contributed by atoms with van der Waals surface area (Å²) in [5.41, 5.74) is 0. The average molecular weight is 270 g/mol. The van der Waals surface area contributed by atoms with Gasteiger partial charge >= 0.3 is 0 Å². The topological polar surface area (TPSA) is 78.2 Å². The van der Waals surface area contributed by atoms with E-state index in [1.165, 1.54) is 4.31 Å². The van der Waals surface area contributed by atoms with Gasteiger partial charge in [-0.3, -0.25) is 4.79 Å². The predicted molar refractivity (Wildman–Crippen MR) is 66.1 cm³/mol. The Morgan fingerprint density at radius 3 is 2.72 bits per heavy atom. The standard InChI is InChI=1S/C12H18N2O3S/c13-7-9-18(16,17)14-8-3-5-11(14)10-4-1-2-6-12(10)15/h10-11H,1-6,8-9H2. The highest BCUT2D eigenvalue weighted by Crippen LogP contribution is 2.33. The fourth-order valence-corrected chi connectivity index (χ4v) is 4.50. The molecule has 2 unspecified atom stereocenters. The van der Waals surface area contributed by atoms with E-state index in [-0.39, 0.29) is 17.7 Å². The second-order valence-corrected chi connectivity index (χ2v) is 6.97. The van der Waals surface area contributed by atoms with Gasteiger partial charge in [-0.1, -0.05) is 6.42 Å². The molecular weight excluding hydrogens is 252 g/mol. The van der Waals surface area contributed by atoms with Gasteiger partial charge in [-0.05, 0) is 25.7 Å². The van der Waals surface area contributed by atoms with E-state index in [1.54, 1.807) is 6.07 Å². The zero-order valence-corrected chi connectivity index (χ0v) is 11.2. The van der Waals surface area contributed by atoms with Crippen LogP contribution in [0.5, 0.6) is 0 Å². The molecule has 100 valence electrons. The summed E-state index contributed by atoms with van der Waals surface area (Å²) in [4.78, 5) is 11.9. The van der Waals surface area contributed by atoms with Crippen LogP contribution < -0.4 is 0 Å². The fourth-order valence-electron chi connectivity index (χ4n) is 3.09. The first-order chi connectivity index (χ1) is 8.56. The lowest BCUT2D eigenvalue weighted by Gasteiger charge is -2.31. The van der Waals surface area contributed by atoms with Crippen LogP contribution in [0.15, 0.2) is 0 Å². The Morgan fingerprint density at radius 1 is 1.28 bits per heavy atom. The van der Waals surface area contributed by atoms with Crippen molar-refractivity contribution in [3.8, 4) is 6.07 Å². The first-order valence-electron chi connectivity index (χ1n) is 6.45. The Kier molecular flexibility index (Phi) is 4.03. The molecule has 18 heavy (non-hydrogen) atoms. The molecule has 2 rings (SSSR count). The summed E-state index contributed by atoms with van der Waals surface area (Å²) >= 11 is 0. The lowest BCUT2D eigenvalue weighted by molar-refractivity contribution is -0.126. The molecule has 2 atom stereocenters. The summed E-state index contributed by atoms with van der Waals surface area (Å²) < 4.78 is 25.4. The van der Waals surface area contributed by atoms with Crippen LogP contribution in [0.3, 0.4) is 0 Å². The van der Waals surface area contributed by atoms with Crippen LogP contribution >= 0.6 is 0 Å². The van der Waals surface area contributed by atoms with Crippen molar-refractivity contribution in [2.45, 2.75) is 44.6 Å². The molecule has 0 aromatic carbocycles. The van der Waals surface area contributed by atoms with Gasteiger partial charge in [0, 0.05) is 24.9 Å². The minimum Gasteiger partial charge on any atom is -0.299 e. The van der Waals surface area contributed by atoms with Crippen LogP contribution in [0, 0.1) is 17.2 Å². The Bertz CT molecular complexity index is 466. The molecule has 2 fully saturated rings. The minimum atomic E-state index is -3.51. The van der Waals surface area contributed by atoms with Crippen molar-refractivity contribution in [2.75, 3.05) is 12.3 Å². The van der Waals surface area contributed by atoms with Gasteiger partial charge in [0.2, 0.25) is 10.0 Å². The number of rotatable bonds is 3. The minimum absolute atomic E-state index is 0.144. The zero-order chi connectivity index (χ0) is 13.2. The summed E-state index contributed by atoms with van der Waals surface area (Å²) in [7, 11) is -3.51. The highest BCUT2D eigenvalue weighted by atomic mass is 32.2. The maximum absolute atomic E-state index is 12.0. The molecule has 0 spiro atoms. The smallest absolute Gasteiger partial charge is 0.227 e. The third-order valence-corrected chi connectivity index (χ3v) is 5.58. The van der Waals surface area contributed by atoms with Crippen molar-refractivity contribution < 1.29 is 13.2 Å². The molecule has 1 saturated heterocycles. The van der Waals surface area contributed by atoms with Crippen molar-refractivity contribution >= 4 is 15.8 Å². The molecule has 1 aliphatic carbocycles. The van der Waals surface area contributed by atoms with Gasteiger partial charge in [-0.2, -0.15) is 9.57 Å². The Morgan fingerprint density at radius 2 is 2.06 bits per heavy atom. The summed E-state index contributed by atoms with van der Waals surface area (Å²) in [6.07, 6.45) is 4.83. The van der Waals surface area contributed by atoms with E-state index >= 15 is 0 Å². The molecule has 1 aliphatic heterocycles. The Balaban J connectivity index is 2.17. The van der Waals surface area contributed by atoms with E-state index in [9.17, 15) is 13.2 Å². The molecule has 0 aromatic heterocycles. The third kappa shape index (κ3) is 2.57. The largest absolute Gasteiger partial charge is 0.299 e. The zero-order valence-electron chi connectivity index (χ0n) is 10.3. The Hall–Kier alpha value is -0.930. The Labute approximate surface area is 108 Å². The summed E-state index contributed by atoms with van der Waals surface area (Å²) in [5.74, 6) is -0.426.